The van der Waals surface area contributed by atoms with Crippen molar-refractivity contribution < 1.29 is 0 Å². The van der Waals surface area contributed by atoms with E-state index < -0.39 is 0 Å². The highest BCUT2D eigenvalue weighted by Gasteiger charge is 2.22. The molecule has 72 valence electrons. The molecule has 1 N–H and O–H groups in total. The summed E-state index contributed by atoms with van der Waals surface area (Å²) in [5, 5.41) is 7.84. The van der Waals surface area contributed by atoms with E-state index in [4.69, 9.17) is 0 Å². The van der Waals surface area contributed by atoms with Gasteiger partial charge in [0.2, 0.25) is 0 Å². The molecular weight excluding hydrogens is 162 g/mol. The summed E-state index contributed by atoms with van der Waals surface area (Å²) in [5.74, 6) is 0.689. The fourth-order valence-corrected chi connectivity index (χ4v) is 2.28. The Morgan fingerprint density at radius 1 is 1.46 bits per heavy atom. The summed E-state index contributed by atoms with van der Waals surface area (Å²) < 4.78 is 1.99. The molecule has 1 aromatic rings. The zero-order chi connectivity index (χ0) is 9.42. The van der Waals surface area contributed by atoms with Gasteiger partial charge in [-0.2, -0.15) is 5.10 Å². The third-order valence-corrected chi connectivity index (χ3v) is 3.03. The molecule has 1 atom stereocenters. The summed E-state index contributed by atoms with van der Waals surface area (Å²) in [7, 11) is 2.02. The maximum Gasteiger partial charge on any atom is 0.0631 e. The second kappa shape index (κ2) is 3.14. The summed E-state index contributed by atoms with van der Waals surface area (Å²) in [5.41, 5.74) is 3.99. The van der Waals surface area contributed by atoms with Gasteiger partial charge in [-0.3, -0.25) is 4.68 Å². The number of hydrogen-bond acceptors (Lipinski definition) is 2. The molecule has 1 aliphatic rings. The van der Waals surface area contributed by atoms with Gasteiger partial charge < -0.3 is 5.32 Å². The Labute approximate surface area is 79.1 Å². The van der Waals surface area contributed by atoms with E-state index in [0.717, 1.165) is 13.1 Å². The molecular formula is C10H17N3. The minimum atomic E-state index is 0.689. The van der Waals surface area contributed by atoms with Crippen molar-refractivity contribution in [2.45, 2.75) is 26.2 Å². The Morgan fingerprint density at radius 2 is 2.23 bits per heavy atom. The van der Waals surface area contributed by atoms with Crippen LogP contribution in [-0.2, 0) is 7.05 Å². The molecule has 1 unspecified atom stereocenters. The lowest BCUT2D eigenvalue weighted by molar-refractivity contribution is 0.720. The normalized spacial score (nSPS) is 22.5. The molecule has 3 nitrogen and oxygen atoms in total. The Bertz CT molecular complexity index is 308. The third kappa shape index (κ3) is 1.37. The fourth-order valence-electron chi connectivity index (χ4n) is 2.28. The van der Waals surface area contributed by atoms with Crippen LogP contribution < -0.4 is 5.32 Å². The van der Waals surface area contributed by atoms with Crippen molar-refractivity contribution in [3.8, 4) is 0 Å². The van der Waals surface area contributed by atoms with Crippen LogP contribution in [-0.4, -0.2) is 22.9 Å². The molecule has 1 fully saturated rings. The lowest BCUT2D eigenvalue weighted by atomic mass is 9.97. The molecule has 2 heterocycles. The van der Waals surface area contributed by atoms with Gasteiger partial charge in [-0.25, -0.2) is 0 Å². The zero-order valence-electron chi connectivity index (χ0n) is 8.59. The van der Waals surface area contributed by atoms with Crippen molar-refractivity contribution in [3.05, 3.63) is 17.0 Å². The molecule has 1 aliphatic heterocycles. The number of rotatable bonds is 1. The molecule has 0 amide bonds. The number of aryl methyl sites for hydroxylation is 2. The van der Waals surface area contributed by atoms with E-state index >= 15 is 0 Å². The minimum Gasteiger partial charge on any atom is -0.316 e. The van der Waals surface area contributed by atoms with E-state index in [1.165, 1.54) is 23.4 Å². The van der Waals surface area contributed by atoms with E-state index in [1.807, 2.05) is 11.7 Å². The Balaban J connectivity index is 2.37. The predicted octanol–water partition coefficient (Wildman–Crippen LogP) is 1.11. The van der Waals surface area contributed by atoms with E-state index in [0.29, 0.717) is 5.92 Å². The monoisotopic (exact) mass is 179 g/mol. The van der Waals surface area contributed by atoms with Crippen LogP contribution >= 0.6 is 0 Å². The summed E-state index contributed by atoms with van der Waals surface area (Å²) in [6, 6.07) is 0. The molecule has 0 aliphatic carbocycles. The van der Waals surface area contributed by atoms with Gasteiger partial charge in [0.15, 0.2) is 0 Å². The Kier molecular flexibility index (Phi) is 2.12. The van der Waals surface area contributed by atoms with Gasteiger partial charge in [-0.1, -0.05) is 0 Å². The SMILES string of the molecule is Cc1nn(C)c(C)c1C1CCNC1. The van der Waals surface area contributed by atoms with Crippen molar-refractivity contribution in [3.63, 3.8) is 0 Å². The summed E-state index contributed by atoms with van der Waals surface area (Å²) in [6.45, 7) is 6.54. The number of aromatic nitrogens is 2. The van der Waals surface area contributed by atoms with E-state index in [9.17, 15) is 0 Å². The van der Waals surface area contributed by atoms with E-state index in [-0.39, 0.29) is 0 Å². The first-order valence-electron chi connectivity index (χ1n) is 4.91. The first-order valence-corrected chi connectivity index (χ1v) is 4.91. The van der Waals surface area contributed by atoms with Crippen LogP contribution in [0.3, 0.4) is 0 Å². The molecule has 0 bridgehead atoms. The highest BCUT2D eigenvalue weighted by molar-refractivity contribution is 5.29. The summed E-state index contributed by atoms with van der Waals surface area (Å²) >= 11 is 0. The van der Waals surface area contributed by atoms with Gasteiger partial charge >= 0.3 is 0 Å². The van der Waals surface area contributed by atoms with Crippen molar-refractivity contribution >= 4 is 0 Å². The first-order chi connectivity index (χ1) is 6.20. The van der Waals surface area contributed by atoms with Gasteiger partial charge in [0.1, 0.15) is 0 Å². The smallest absolute Gasteiger partial charge is 0.0631 e. The Hall–Kier alpha value is -0.830. The van der Waals surface area contributed by atoms with Crippen LogP contribution in [0.5, 0.6) is 0 Å². The van der Waals surface area contributed by atoms with Crippen LogP contribution in [0.15, 0.2) is 0 Å². The largest absolute Gasteiger partial charge is 0.316 e. The first kappa shape index (κ1) is 8.75. The van der Waals surface area contributed by atoms with Crippen LogP contribution in [0, 0.1) is 13.8 Å². The average molecular weight is 179 g/mol. The Morgan fingerprint density at radius 3 is 2.69 bits per heavy atom. The molecule has 2 rings (SSSR count). The van der Waals surface area contributed by atoms with Crippen molar-refractivity contribution in [1.29, 1.82) is 0 Å². The van der Waals surface area contributed by atoms with Crippen molar-refractivity contribution in [1.82, 2.24) is 15.1 Å². The molecule has 0 spiro atoms. The van der Waals surface area contributed by atoms with E-state index in [1.54, 1.807) is 0 Å². The second-order valence-electron chi connectivity index (χ2n) is 3.90. The third-order valence-electron chi connectivity index (χ3n) is 3.03. The van der Waals surface area contributed by atoms with Gasteiger partial charge in [0.25, 0.3) is 0 Å². The number of nitrogens with zero attached hydrogens (tertiary/aromatic N) is 2. The quantitative estimate of drug-likeness (QED) is 0.700. The van der Waals surface area contributed by atoms with Crippen LogP contribution in [0.1, 0.15) is 29.3 Å². The minimum absolute atomic E-state index is 0.689. The fraction of sp³-hybridized carbons (Fsp3) is 0.700. The van der Waals surface area contributed by atoms with Gasteiger partial charge in [0.05, 0.1) is 5.69 Å². The van der Waals surface area contributed by atoms with Crippen LogP contribution in [0.2, 0.25) is 0 Å². The lowest BCUT2D eigenvalue weighted by Crippen LogP contribution is -2.09. The van der Waals surface area contributed by atoms with Crippen LogP contribution in [0.25, 0.3) is 0 Å². The maximum absolute atomic E-state index is 4.44. The van der Waals surface area contributed by atoms with E-state index in [2.05, 4.69) is 24.3 Å². The van der Waals surface area contributed by atoms with Gasteiger partial charge in [-0.05, 0) is 26.8 Å². The standard InChI is InChI=1S/C10H17N3/c1-7-10(8(2)13(3)12-7)9-4-5-11-6-9/h9,11H,4-6H2,1-3H3. The van der Waals surface area contributed by atoms with Crippen molar-refractivity contribution in [2.24, 2.45) is 7.05 Å². The molecule has 0 saturated carbocycles. The topological polar surface area (TPSA) is 29.9 Å². The highest BCUT2D eigenvalue weighted by Crippen LogP contribution is 2.27. The summed E-state index contributed by atoms with van der Waals surface area (Å²) in [4.78, 5) is 0. The van der Waals surface area contributed by atoms with Crippen LogP contribution in [0.4, 0.5) is 0 Å². The molecule has 3 heteroatoms. The predicted molar refractivity (Wildman–Crippen MR) is 52.9 cm³/mol. The maximum atomic E-state index is 4.44. The van der Waals surface area contributed by atoms with Gasteiger partial charge in [0, 0.05) is 30.8 Å². The highest BCUT2D eigenvalue weighted by atomic mass is 15.3. The molecule has 0 aromatic carbocycles. The molecule has 13 heavy (non-hydrogen) atoms. The van der Waals surface area contributed by atoms with Crippen molar-refractivity contribution in [2.75, 3.05) is 13.1 Å². The van der Waals surface area contributed by atoms with Gasteiger partial charge in [-0.15, -0.1) is 0 Å². The zero-order valence-corrected chi connectivity index (χ0v) is 8.59. The molecule has 1 aromatic heterocycles. The molecule has 0 radical (unpaired) electrons. The lowest BCUT2D eigenvalue weighted by Gasteiger charge is -2.08. The summed E-state index contributed by atoms with van der Waals surface area (Å²) in [6.07, 6.45) is 1.26. The average Bonchev–Trinajstić information content (AvgIpc) is 2.63. The molecule has 1 saturated heterocycles. The number of nitrogens with one attached hydrogen (secondary N) is 1. The second-order valence-corrected chi connectivity index (χ2v) is 3.90. The number of hydrogen-bond donors (Lipinski definition) is 1.